The van der Waals surface area contributed by atoms with Crippen LogP contribution in [0.1, 0.15) is 22.8 Å². The van der Waals surface area contributed by atoms with Gasteiger partial charge in [0.1, 0.15) is 11.3 Å². The van der Waals surface area contributed by atoms with E-state index in [0.717, 1.165) is 17.0 Å². The van der Waals surface area contributed by atoms with E-state index in [-0.39, 0.29) is 17.7 Å². The average molecular weight is 422 g/mol. The molecule has 1 atom stereocenters. The predicted molar refractivity (Wildman–Crippen MR) is 98.9 cm³/mol. The van der Waals surface area contributed by atoms with E-state index >= 15 is 0 Å². The van der Waals surface area contributed by atoms with Gasteiger partial charge in [0.25, 0.3) is 11.8 Å². The van der Waals surface area contributed by atoms with Gasteiger partial charge in [-0.15, -0.1) is 13.2 Å². The maximum absolute atomic E-state index is 13.0. The summed E-state index contributed by atoms with van der Waals surface area (Å²) in [7, 11) is 1.46. The number of pyridine rings is 1. The van der Waals surface area contributed by atoms with Gasteiger partial charge >= 0.3 is 12.4 Å². The highest BCUT2D eigenvalue weighted by atomic mass is 19.4. The lowest BCUT2D eigenvalue weighted by Crippen LogP contribution is -2.46. The summed E-state index contributed by atoms with van der Waals surface area (Å²) >= 11 is 0. The fraction of sp³-hybridized carbons (Fsp3) is 0.263. The number of aromatic nitrogens is 1. The number of nitrogens with one attached hydrogen (secondary N) is 2. The van der Waals surface area contributed by atoms with Crippen molar-refractivity contribution >= 4 is 23.5 Å². The molecule has 1 aromatic heterocycles. The summed E-state index contributed by atoms with van der Waals surface area (Å²) in [6, 6.07) is 5.19. The first kappa shape index (κ1) is 21.1. The third-order valence-electron chi connectivity index (χ3n) is 4.52. The molecule has 1 aliphatic rings. The van der Waals surface area contributed by atoms with Crippen LogP contribution in [-0.2, 0) is 11.2 Å². The summed E-state index contributed by atoms with van der Waals surface area (Å²) in [5.74, 6) is -1.49. The lowest BCUT2D eigenvalue weighted by atomic mass is 9.90. The monoisotopic (exact) mass is 422 g/mol. The molecule has 158 valence electrons. The van der Waals surface area contributed by atoms with E-state index in [1.54, 1.807) is 6.07 Å². The number of alkyl halides is 3. The molecule has 1 aliphatic heterocycles. The number of urea groups is 1. The van der Waals surface area contributed by atoms with E-state index in [4.69, 9.17) is 0 Å². The molecule has 2 N–H and O–H groups in total. The van der Waals surface area contributed by atoms with Crippen molar-refractivity contribution in [2.75, 3.05) is 11.9 Å². The first-order valence-corrected chi connectivity index (χ1v) is 8.71. The van der Waals surface area contributed by atoms with Crippen LogP contribution in [0.25, 0.3) is 0 Å². The number of halogens is 3. The maximum Gasteiger partial charge on any atom is 0.573 e. The minimum absolute atomic E-state index is 0.00855. The van der Waals surface area contributed by atoms with Crippen molar-refractivity contribution in [3.63, 3.8) is 0 Å². The summed E-state index contributed by atoms with van der Waals surface area (Å²) in [6.45, 7) is 1.50. The largest absolute Gasteiger partial charge is 0.573 e. The standard InChI is InChI=1S/C19H17F3N4O4/c1-18(9-11-7-8-24-10-14(11)15(27)23-2)16(28)26(17(29)25-18)12-3-5-13(6-4-12)30-19(20,21)22/h3-8,10H,9H2,1-2H3,(H,23,27)(H,25,29). The highest BCUT2D eigenvalue weighted by Gasteiger charge is 2.48. The van der Waals surface area contributed by atoms with E-state index in [2.05, 4.69) is 20.4 Å². The van der Waals surface area contributed by atoms with Crippen molar-refractivity contribution in [2.45, 2.75) is 25.2 Å². The molecule has 3 rings (SSSR count). The van der Waals surface area contributed by atoms with Crippen LogP contribution in [0.2, 0.25) is 0 Å². The number of hydrogen-bond donors (Lipinski definition) is 2. The van der Waals surface area contributed by atoms with Gasteiger partial charge in [-0.2, -0.15) is 0 Å². The second kappa shape index (κ2) is 7.65. The van der Waals surface area contributed by atoms with Crippen molar-refractivity contribution in [1.29, 1.82) is 0 Å². The molecule has 11 heteroatoms. The first-order chi connectivity index (χ1) is 14.0. The number of carbonyl (C=O) groups excluding carboxylic acids is 3. The Labute approximate surface area is 169 Å². The first-order valence-electron chi connectivity index (χ1n) is 8.71. The van der Waals surface area contributed by atoms with Crippen molar-refractivity contribution in [2.24, 2.45) is 0 Å². The van der Waals surface area contributed by atoms with Gasteiger partial charge < -0.3 is 15.4 Å². The molecule has 30 heavy (non-hydrogen) atoms. The highest BCUT2D eigenvalue weighted by Crippen LogP contribution is 2.30. The summed E-state index contributed by atoms with van der Waals surface area (Å²) in [5, 5.41) is 5.07. The molecule has 8 nitrogen and oxygen atoms in total. The van der Waals surface area contributed by atoms with E-state index in [0.29, 0.717) is 5.56 Å². The number of rotatable bonds is 5. The highest BCUT2D eigenvalue weighted by molar-refractivity contribution is 6.23. The Morgan fingerprint density at radius 1 is 1.23 bits per heavy atom. The molecule has 0 bridgehead atoms. The fourth-order valence-corrected chi connectivity index (χ4v) is 3.13. The summed E-state index contributed by atoms with van der Waals surface area (Å²) < 4.78 is 40.7. The number of nitrogens with zero attached hydrogens (tertiary/aromatic N) is 2. The van der Waals surface area contributed by atoms with Gasteiger partial charge in [-0.1, -0.05) is 0 Å². The summed E-state index contributed by atoms with van der Waals surface area (Å²) in [6.07, 6.45) is -2.03. The topological polar surface area (TPSA) is 101 Å². The zero-order valence-electron chi connectivity index (χ0n) is 15.9. The van der Waals surface area contributed by atoms with Crippen LogP contribution in [0.3, 0.4) is 0 Å². The fourth-order valence-electron chi connectivity index (χ4n) is 3.13. The normalized spacial score (nSPS) is 18.9. The molecule has 4 amide bonds. The second-order valence-electron chi connectivity index (χ2n) is 6.73. The Morgan fingerprint density at radius 2 is 1.90 bits per heavy atom. The third kappa shape index (κ3) is 4.19. The van der Waals surface area contributed by atoms with Gasteiger partial charge in [0, 0.05) is 25.9 Å². The Morgan fingerprint density at radius 3 is 2.50 bits per heavy atom. The zero-order valence-corrected chi connectivity index (χ0v) is 15.9. The predicted octanol–water partition coefficient (Wildman–Crippen LogP) is 2.40. The Bertz CT molecular complexity index is 994. The van der Waals surface area contributed by atoms with Gasteiger partial charge in [0.05, 0.1) is 11.3 Å². The molecule has 1 saturated heterocycles. The molecule has 2 aromatic rings. The van der Waals surface area contributed by atoms with Crippen LogP contribution < -0.4 is 20.3 Å². The zero-order chi connectivity index (χ0) is 22.1. The maximum atomic E-state index is 13.0. The van der Waals surface area contributed by atoms with Gasteiger partial charge in [0.2, 0.25) is 0 Å². The van der Waals surface area contributed by atoms with E-state index in [1.165, 1.54) is 38.5 Å². The van der Waals surface area contributed by atoms with Gasteiger partial charge in [-0.25, -0.2) is 9.69 Å². The molecule has 1 unspecified atom stereocenters. The molecule has 2 heterocycles. The number of anilines is 1. The number of hydrogen-bond acceptors (Lipinski definition) is 5. The van der Waals surface area contributed by atoms with Gasteiger partial charge in [-0.05, 0) is 42.8 Å². The van der Waals surface area contributed by atoms with Crippen LogP contribution in [0.5, 0.6) is 5.75 Å². The van der Waals surface area contributed by atoms with E-state index < -0.39 is 35.5 Å². The van der Waals surface area contributed by atoms with Gasteiger partial charge in [-0.3, -0.25) is 14.6 Å². The molecular formula is C19H17F3N4O4. The molecule has 0 spiro atoms. The third-order valence-corrected chi connectivity index (χ3v) is 4.52. The molecule has 0 aliphatic carbocycles. The van der Waals surface area contributed by atoms with Crippen LogP contribution in [0.4, 0.5) is 23.7 Å². The molecular weight excluding hydrogens is 405 g/mol. The Hall–Kier alpha value is -3.63. The van der Waals surface area contributed by atoms with Crippen LogP contribution in [0.15, 0.2) is 42.7 Å². The quantitative estimate of drug-likeness (QED) is 0.721. The number of imide groups is 1. The van der Waals surface area contributed by atoms with Crippen LogP contribution in [-0.4, -0.2) is 41.8 Å². The SMILES string of the molecule is CNC(=O)c1cnccc1CC1(C)NC(=O)N(c2ccc(OC(F)(F)F)cc2)C1=O. The Kier molecular flexibility index (Phi) is 5.38. The minimum atomic E-state index is -4.85. The van der Waals surface area contributed by atoms with E-state index in [1.807, 2.05) is 0 Å². The number of ether oxygens (including phenoxy) is 1. The summed E-state index contributed by atoms with van der Waals surface area (Å²) in [4.78, 5) is 42.3. The number of carbonyl (C=O) groups is 3. The van der Waals surface area contributed by atoms with Crippen LogP contribution in [0, 0.1) is 0 Å². The van der Waals surface area contributed by atoms with Crippen molar-refractivity contribution < 1.29 is 32.3 Å². The smallest absolute Gasteiger partial charge is 0.406 e. The van der Waals surface area contributed by atoms with Crippen molar-refractivity contribution in [3.05, 3.63) is 53.9 Å². The summed E-state index contributed by atoms with van der Waals surface area (Å²) in [5.41, 5.74) is -0.536. The molecule has 0 saturated carbocycles. The van der Waals surface area contributed by atoms with Crippen molar-refractivity contribution in [1.82, 2.24) is 15.6 Å². The van der Waals surface area contributed by atoms with Crippen LogP contribution >= 0.6 is 0 Å². The van der Waals surface area contributed by atoms with E-state index in [9.17, 15) is 27.6 Å². The number of amides is 4. The lowest BCUT2D eigenvalue weighted by Gasteiger charge is -2.23. The van der Waals surface area contributed by atoms with Crippen molar-refractivity contribution in [3.8, 4) is 5.75 Å². The number of benzene rings is 1. The second-order valence-corrected chi connectivity index (χ2v) is 6.73. The molecule has 1 aromatic carbocycles. The molecule has 0 radical (unpaired) electrons. The minimum Gasteiger partial charge on any atom is -0.406 e. The lowest BCUT2D eigenvalue weighted by molar-refractivity contribution is -0.274. The Balaban J connectivity index is 1.85. The average Bonchev–Trinajstić information content (AvgIpc) is 2.89. The molecule has 1 fully saturated rings. The van der Waals surface area contributed by atoms with Gasteiger partial charge in [0.15, 0.2) is 0 Å².